The average Bonchev–Trinajstić information content (AvgIpc) is 3.04. The van der Waals surface area contributed by atoms with E-state index in [4.69, 9.17) is 0 Å². The number of ketones is 2. The van der Waals surface area contributed by atoms with Crippen molar-refractivity contribution in [3.8, 4) is 0 Å². The minimum atomic E-state index is -0.500. The number of carbonyl (C=O) groups excluding carboxylic acids is 4. The highest BCUT2D eigenvalue weighted by molar-refractivity contribution is 6.05. The molecule has 0 radical (unpaired) electrons. The lowest BCUT2D eigenvalue weighted by atomic mass is 10.1. The Hall–Kier alpha value is -3.28. The van der Waals surface area contributed by atoms with Crippen LogP contribution in [0.5, 0.6) is 0 Å². The van der Waals surface area contributed by atoms with E-state index in [1.165, 1.54) is 18.7 Å². The van der Waals surface area contributed by atoms with Crippen molar-refractivity contribution >= 4 is 34.8 Å². The van der Waals surface area contributed by atoms with E-state index in [0.717, 1.165) is 0 Å². The Balaban J connectivity index is 1.72. The molecular weight excluding hydrogens is 344 g/mol. The summed E-state index contributed by atoms with van der Waals surface area (Å²) >= 11 is 0. The van der Waals surface area contributed by atoms with Crippen LogP contribution >= 0.6 is 0 Å². The molecule has 1 N–H and O–H groups in total. The molecule has 0 aliphatic carbocycles. The predicted molar refractivity (Wildman–Crippen MR) is 102 cm³/mol. The number of nitrogens with one attached hydrogen (secondary N) is 1. The summed E-state index contributed by atoms with van der Waals surface area (Å²) in [6, 6.07) is 13.5. The summed E-state index contributed by atoms with van der Waals surface area (Å²) in [5.41, 5.74) is 2.17. The van der Waals surface area contributed by atoms with Crippen LogP contribution in [0.3, 0.4) is 0 Å². The van der Waals surface area contributed by atoms with Gasteiger partial charge in [-0.1, -0.05) is 24.3 Å². The Kier molecular flexibility index (Phi) is 5.16. The van der Waals surface area contributed by atoms with Crippen LogP contribution in [0.2, 0.25) is 0 Å². The number of amides is 2. The molecule has 1 unspecified atom stereocenters. The van der Waals surface area contributed by atoms with Gasteiger partial charge in [-0.3, -0.25) is 19.2 Å². The third kappa shape index (κ3) is 4.11. The van der Waals surface area contributed by atoms with Gasteiger partial charge in [0.25, 0.3) is 0 Å². The SMILES string of the molecule is CC(=O)c1cccc(NC(=O)C2CC(=O)N(c3cccc(C(C)=O)c3)C2)c1. The van der Waals surface area contributed by atoms with E-state index in [1.807, 2.05) is 0 Å². The maximum Gasteiger partial charge on any atom is 0.229 e. The second-order valence-electron chi connectivity index (χ2n) is 6.64. The molecule has 1 aliphatic rings. The summed E-state index contributed by atoms with van der Waals surface area (Å²) < 4.78 is 0. The topological polar surface area (TPSA) is 83.6 Å². The first kappa shape index (κ1) is 18.5. The molecule has 1 heterocycles. The van der Waals surface area contributed by atoms with Gasteiger partial charge in [-0.15, -0.1) is 0 Å². The first-order valence-electron chi connectivity index (χ1n) is 8.68. The number of carbonyl (C=O) groups is 4. The molecule has 2 amide bonds. The van der Waals surface area contributed by atoms with Crippen molar-refractivity contribution in [1.29, 1.82) is 0 Å². The van der Waals surface area contributed by atoms with Gasteiger partial charge < -0.3 is 10.2 Å². The molecule has 1 fully saturated rings. The number of anilines is 2. The maximum atomic E-state index is 12.6. The molecule has 1 aliphatic heterocycles. The Morgan fingerprint density at radius 2 is 1.59 bits per heavy atom. The largest absolute Gasteiger partial charge is 0.326 e. The molecule has 6 nitrogen and oxygen atoms in total. The number of rotatable bonds is 5. The lowest BCUT2D eigenvalue weighted by Gasteiger charge is -2.17. The molecule has 138 valence electrons. The zero-order chi connectivity index (χ0) is 19.6. The van der Waals surface area contributed by atoms with Crippen LogP contribution in [0.25, 0.3) is 0 Å². The summed E-state index contributed by atoms with van der Waals surface area (Å²) in [6.07, 6.45) is 0.0997. The zero-order valence-electron chi connectivity index (χ0n) is 15.2. The number of hydrogen-bond donors (Lipinski definition) is 1. The Morgan fingerprint density at radius 3 is 2.26 bits per heavy atom. The van der Waals surface area contributed by atoms with Gasteiger partial charge in [-0.25, -0.2) is 0 Å². The molecule has 0 aromatic heterocycles. The summed E-state index contributed by atoms with van der Waals surface area (Å²) in [7, 11) is 0. The molecule has 1 atom stereocenters. The van der Waals surface area contributed by atoms with E-state index in [2.05, 4.69) is 5.32 Å². The normalized spacial score (nSPS) is 16.3. The van der Waals surface area contributed by atoms with Crippen LogP contribution < -0.4 is 10.2 Å². The molecule has 27 heavy (non-hydrogen) atoms. The summed E-state index contributed by atoms with van der Waals surface area (Å²) in [6.45, 7) is 3.18. The summed E-state index contributed by atoms with van der Waals surface area (Å²) in [5.74, 6) is -1.09. The molecule has 3 rings (SSSR count). The predicted octanol–water partition coefficient (Wildman–Crippen LogP) is 3.08. The maximum absolute atomic E-state index is 12.6. The van der Waals surface area contributed by atoms with Crippen LogP contribution in [-0.2, 0) is 9.59 Å². The van der Waals surface area contributed by atoms with E-state index in [9.17, 15) is 19.2 Å². The molecule has 2 aromatic carbocycles. The van der Waals surface area contributed by atoms with Crippen molar-refractivity contribution < 1.29 is 19.2 Å². The van der Waals surface area contributed by atoms with Gasteiger partial charge in [0.15, 0.2) is 11.6 Å². The van der Waals surface area contributed by atoms with E-state index in [1.54, 1.807) is 48.5 Å². The van der Waals surface area contributed by atoms with Crippen molar-refractivity contribution in [2.24, 2.45) is 5.92 Å². The number of Topliss-reactive ketones (excluding diaryl/α,β-unsaturated/α-hetero) is 2. The van der Waals surface area contributed by atoms with Crippen molar-refractivity contribution in [3.63, 3.8) is 0 Å². The molecular formula is C21H20N2O4. The van der Waals surface area contributed by atoms with Gasteiger partial charge in [0.05, 0.1) is 5.92 Å². The molecule has 6 heteroatoms. The number of benzene rings is 2. The molecule has 0 bridgehead atoms. The molecule has 1 saturated heterocycles. The second-order valence-corrected chi connectivity index (χ2v) is 6.64. The van der Waals surface area contributed by atoms with E-state index in [-0.39, 0.29) is 36.3 Å². The van der Waals surface area contributed by atoms with Crippen molar-refractivity contribution in [3.05, 3.63) is 59.7 Å². The fourth-order valence-electron chi connectivity index (χ4n) is 3.09. The fourth-order valence-corrected chi connectivity index (χ4v) is 3.09. The standard InChI is InChI=1S/C21H20N2O4/c1-13(24)15-5-3-7-18(9-15)22-21(27)17-11-20(26)23(12-17)19-8-4-6-16(10-19)14(2)25/h3-10,17H,11-12H2,1-2H3,(H,22,27). The minimum absolute atomic E-state index is 0.0804. The Morgan fingerprint density at radius 1 is 0.963 bits per heavy atom. The zero-order valence-corrected chi connectivity index (χ0v) is 15.2. The third-order valence-corrected chi connectivity index (χ3v) is 4.60. The van der Waals surface area contributed by atoms with E-state index in [0.29, 0.717) is 22.5 Å². The van der Waals surface area contributed by atoms with E-state index < -0.39 is 5.92 Å². The number of hydrogen-bond acceptors (Lipinski definition) is 4. The van der Waals surface area contributed by atoms with Crippen molar-refractivity contribution in [1.82, 2.24) is 0 Å². The monoisotopic (exact) mass is 364 g/mol. The van der Waals surface area contributed by atoms with Crippen LogP contribution in [0.4, 0.5) is 11.4 Å². The van der Waals surface area contributed by atoms with Gasteiger partial charge in [-0.2, -0.15) is 0 Å². The number of nitrogens with zero attached hydrogens (tertiary/aromatic N) is 1. The lowest BCUT2D eigenvalue weighted by Crippen LogP contribution is -2.28. The average molecular weight is 364 g/mol. The van der Waals surface area contributed by atoms with Crippen LogP contribution in [-0.4, -0.2) is 29.9 Å². The van der Waals surface area contributed by atoms with Crippen molar-refractivity contribution in [2.45, 2.75) is 20.3 Å². The van der Waals surface area contributed by atoms with Crippen LogP contribution in [0.15, 0.2) is 48.5 Å². The Labute approximate surface area is 157 Å². The highest BCUT2D eigenvalue weighted by Gasteiger charge is 2.35. The van der Waals surface area contributed by atoms with Crippen LogP contribution in [0.1, 0.15) is 41.0 Å². The van der Waals surface area contributed by atoms with Crippen molar-refractivity contribution in [2.75, 3.05) is 16.8 Å². The van der Waals surface area contributed by atoms with Gasteiger partial charge in [0.2, 0.25) is 11.8 Å². The first-order valence-corrected chi connectivity index (χ1v) is 8.68. The summed E-state index contributed by atoms with van der Waals surface area (Å²) in [4.78, 5) is 49.5. The van der Waals surface area contributed by atoms with Crippen LogP contribution in [0, 0.1) is 5.92 Å². The first-order chi connectivity index (χ1) is 12.8. The Bertz CT molecular complexity index is 935. The quantitative estimate of drug-likeness (QED) is 0.827. The molecule has 0 spiro atoms. The fraction of sp³-hybridized carbons (Fsp3) is 0.238. The minimum Gasteiger partial charge on any atom is -0.326 e. The molecule has 2 aromatic rings. The summed E-state index contributed by atoms with van der Waals surface area (Å²) in [5, 5.41) is 2.78. The lowest BCUT2D eigenvalue weighted by molar-refractivity contribution is -0.122. The highest BCUT2D eigenvalue weighted by atomic mass is 16.2. The van der Waals surface area contributed by atoms with Gasteiger partial charge in [0, 0.05) is 35.5 Å². The van der Waals surface area contributed by atoms with Gasteiger partial charge in [-0.05, 0) is 38.1 Å². The third-order valence-electron chi connectivity index (χ3n) is 4.60. The second kappa shape index (κ2) is 7.53. The highest BCUT2D eigenvalue weighted by Crippen LogP contribution is 2.27. The smallest absolute Gasteiger partial charge is 0.229 e. The van der Waals surface area contributed by atoms with E-state index >= 15 is 0 Å². The van der Waals surface area contributed by atoms with Gasteiger partial charge >= 0.3 is 0 Å². The molecule has 0 saturated carbocycles. The van der Waals surface area contributed by atoms with Gasteiger partial charge in [0.1, 0.15) is 0 Å².